The maximum atomic E-state index is 3.61. The van der Waals surface area contributed by atoms with E-state index >= 15 is 0 Å². The predicted octanol–water partition coefficient (Wildman–Crippen LogP) is 3.58. The van der Waals surface area contributed by atoms with Crippen LogP contribution in [-0.2, 0) is 0 Å². The van der Waals surface area contributed by atoms with Gasteiger partial charge in [0.1, 0.15) is 0 Å². The molecule has 0 spiro atoms. The average Bonchev–Trinajstić information content (AvgIpc) is 1.63. The number of rotatable bonds is 4. The molecule has 0 aromatic rings. The van der Waals surface area contributed by atoms with Crippen LogP contribution in [0.5, 0.6) is 0 Å². The van der Waals surface area contributed by atoms with Crippen molar-refractivity contribution in [1.82, 2.24) is 0 Å². The average molecular weight is 258 g/mol. The van der Waals surface area contributed by atoms with Crippen LogP contribution in [0.15, 0.2) is 0 Å². The van der Waals surface area contributed by atoms with Crippen LogP contribution in [0.4, 0.5) is 0 Å². The smallest absolute Gasteiger partial charge is 0.0156 e. The molecule has 0 radical (unpaired) electrons. The van der Waals surface area contributed by atoms with Crippen molar-refractivity contribution in [2.24, 2.45) is 5.92 Å². The lowest BCUT2D eigenvalue weighted by atomic mass is 10.1. The Morgan fingerprint density at radius 3 is 2.22 bits per heavy atom. The molecule has 0 aliphatic heterocycles. The van der Waals surface area contributed by atoms with Gasteiger partial charge in [-0.1, -0.05) is 45.7 Å². The quantitative estimate of drug-likeness (QED) is 0.676. The van der Waals surface area contributed by atoms with Gasteiger partial charge in [-0.15, -0.1) is 0 Å². The van der Waals surface area contributed by atoms with Crippen molar-refractivity contribution in [3.63, 3.8) is 0 Å². The molecule has 0 aliphatic rings. The van der Waals surface area contributed by atoms with E-state index in [1.165, 1.54) is 12.8 Å². The van der Waals surface area contributed by atoms with Crippen molar-refractivity contribution < 1.29 is 0 Å². The van der Waals surface area contributed by atoms with Crippen LogP contribution < -0.4 is 0 Å². The Bertz CT molecular complexity index is 61.9. The van der Waals surface area contributed by atoms with Crippen molar-refractivity contribution >= 4 is 31.9 Å². The van der Waals surface area contributed by atoms with Crippen molar-refractivity contribution in [3.05, 3.63) is 0 Å². The topological polar surface area (TPSA) is 0 Å². The van der Waals surface area contributed by atoms with E-state index in [0.29, 0.717) is 4.83 Å². The van der Waals surface area contributed by atoms with Gasteiger partial charge in [-0.2, -0.15) is 0 Å². The minimum atomic E-state index is 0.705. The highest BCUT2D eigenvalue weighted by Crippen LogP contribution is 2.16. The molecule has 9 heavy (non-hydrogen) atoms. The second kappa shape index (κ2) is 5.72. The van der Waals surface area contributed by atoms with Gasteiger partial charge in [0.15, 0.2) is 0 Å². The van der Waals surface area contributed by atoms with Gasteiger partial charge in [0, 0.05) is 10.2 Å². The highest BCUT2D eigenvalue weighted by molar-refractivity contribution is 9.10. The zero-order valence-electron chi connectivity index (χ0n) is 6.03. The zero-order chi connectivity index (χ0) is 7.28. The fourth-order valence-electron chi connectivity index (χ4n) is 0.748. The first kappa shape index (κ1) is 9.96. The summed E-state index contributed by atoms with van der Waals surface area (Å²) in [6.45, 7) is 4.50. The van der Waals surface area contributed by atoms with Crippen molar-refractivity contribution in [2.45, 2.75) is 31.5 Å². The molecule has 1 atom stereocenters. The summed E-state index contributed by atoms with van der Waals surface area (Å²) in [6, 6.07) is 0. The third-order valence-electron chi connectivity index (χ3n) is 1.15. The Kier molecular flexibility index (Phi) is 6.33. The standard InChI is InChI=1S/C7H14Br2/c1-6(2)5-7(9)3-4-8/h6-7H,3-5H2,1-2H3/t7-/m0/s1. The monoisotopic (exact) mass is 256 g/mol. The lowest BCUT2D eigenvalue weighted by molar-refractivity contribution is 0.568. The molecule has 0 saturated carbocycles. The molecule has 0 fully saturated rings. The maximum absolute atomic E-state index is 3.61. The number of alkyl halides is 2. The summed E-state index contributed by atoms with van der Waals surface area (Å²) in [7, 11) is 0. The molecular formula is C7H14Br2. The summed E-state index contributed by atoms with van der Waals surface area (Å²) in [5.41, 5.74) is 0. The second-order valence-electron chi connectivity index (χ2n) is 2.70. The van der Waals surface area contributed by atoms with E-state index in [-0.39, 0.29) is 0 Å². The van der Waals surface area contributed by atoms with Gasteiger partial charge in [-0.3, -0.25) is 0 Å². The fraction of sp³-hybridized carbons (Fsp3) is 1.00. The van der Waals surface area contributed by atoms with Crippen molar-refractivity contribution in [1.29, 1.82) is 0 Å². The molecule has 0 aliphatic carbocycles. The molecule has 0 rings (SSSR count). The van der Waals surface area contributed by atoms with E-state index in [4.69, 9.17) is 0 Å². The number of hydrogen-bond donors (Lipinski definition) is 0. The van der Waals surface area contributed by atoms with E-state index in [1.54, 1.807) is 0 Å². The zero-order valence-corrected chi connectivity index (χ0v) is 9.20. The first-order chi connectivity index (χ1) is 4.16. The Balaban J connectivity index is 3.15. The van der Waals surface area contributed by atoms with Crippen molar-refractivity contribution in [2.75, 3.05) is 5.33 Å². The van der Waals surface area contributed by atoms with Crippen LogP contribution in [0, 0.1) is 5.92 Å². The Morgan fingerprint density at radius 1 is 1.33 bits per heavy atom. The van der Waals surface area contributed by atoms with E-state index in [0.717, 1.165) is 11.2 Å². The first-order valence-electron chi connectivity index (χ1n) is 3.36. The summed E-state index contributed by atoms with van der Waals surface area (Å²) in [4.78, 5) is 0.705. The fourth-order valence-corrected chi connectivity index (χ4v) is 2.89. The molecule has 2 heteroatoms. The van der Waals surface area contributed by atoms with E-state index in [9.17, 15) is 0 Å². The molecule has 0 nitrogen and oxygen atoms in total. The van der Waals surface area contributed by atoms with Gasteiger partial charge in [0.25, 0.3) is 0 Å². The first-order valence-corrected chi connectivity index (χ1v) is 5.40. The minimum absolute atomic E-state index is 0.705. The van der Waals surface area contributed by atoms with E-state index in [1.807, 2.05) is 0 Å². The Morgan fingerprint density at radius 2 is 1.89 bits per heavy atom. The molecule has 0 N–H and O–H groups in total. The van der Waals surface area contributed by atoms with Gasteiger partial charge in [0.05, 0.1) is 0 Å². The van der Waals surface area contributed by atoms with Gasteiger partial charge < -0.3 is 0 Å². The molecule has 0 heterocycles. The van der Waals surface area contributed by atoms with E-state index in [2.05, 4.69) is 45.7 Å². The van der Waals surface area contributed by atoms with Crippen LogP contribution in [0.25, 0.3) is 0 Å². The molecule has 0 saturated heterocycles. The predicted molar refractivity (Wildman–Crippen MR) is 50.6 cm³/mol. The Labute approximate surface area is 74.7 Å². The highest BCUT2D eigenvalue weighted by Gasteiger charge is 2.04. The second-order valence-corrected chi connectivity index (χ2v) is 4.79. The summed E-state index contributed by atoms with van der Waals surface area (Å²) < 4.78 is 0. The summed E-state index contributed by atoms with van der Waals surface area (Å²) in [5, 5.41) is 1.11. The molecular weight excluding hydrogens is 244 g/mol. The highest BCUT2D eigenvalue weighted by atomic mass is 79.9. The molecule has 0 bridgehead atoms. The number of halogens is 2. The third-order valence-corrected chi connectivity index (χ3v) is 2.44. The SMILES string of the molecule is CC(C)C[C@@H](Br)CCBr. The molecule has 0 unspecified atom stereocenters. The number of hydrogen-bond acceptors (Lipinski definition) is 0. The van der Waals surface area contributed by atoms with Crippen LogP contribution in [0.1, 0.15) is 26.7 Å². The minimum Gasteiger partial charge on any atom is -0.0928 e. The molecule has 56 valence electrons. The lowest BCUT2D eigenvalue weighted by Gasteiger charge is -2.09. The molecule has 0 aromatic carbocycles. The van der Waals surface area contributed by atoms with Gasteiger partial charge in [0.2, 0.25) is 0 Å². The van der Waals surface area contributed by atoms with Crippen LogP contribution >= 0.6 is 31.9 Å². The van der Waals surface area contributed by atoms with Gasteiger partial charge in [-0.25, -0.2) is 0 Å². The summed E-state index contributed by atoms with van der Waals surface area (Å²) >= 11 is 7.02. The summed E-state index contributed by atoms with van der Waals surface area (Å²) in [6.07, 6.45) is 2.52. The lowest BCUT2D eigenvalue weighted by Crippen LogP contribution is -2.02. The molecule has 0 aromatic heterocycles. The maximum Gasteiger partial charge on any atom is 0.0156 e. The van der Waals surface area contributed by atoms with Crippen LogP contribution in [-0.4, -0.2) is 10.2 Å². The van der Waals surface area contributed by atoms with Crippen LogP contribution in [0.2, 0.25) is 0 Å². The van der Waals surface area contributed by atoms with Gasteiger partial charge in [-0.05, 0) is 18.8 Å². The van der Waals surface area contributed by atoms with E-state index < -0.39 is 0 Å². The van der Waals surface area contributed by atoms with Crippen molar-refractivity contribution in [3.8, 4) is 0 Å². The normalized spacial score (nSPS) is 14.3. The summed E-state index contributed by atoms with van der Waals surface area (Å²) in [5.74, 6) is 0.813. The molecule has 0 amide bonds. The third kappa shape index (κ3) is 6.85. The largest absolute Gasteiger partial charge is 0.0928 e. The van der Waals surface area contributed by atoms with Gasteiger partial charge >= 0.3 is 0 Å². The van der Waals surface area contributed by atoms with Crippen LogP contribution in [0.3, 0.4) is 0 Å². The Hall–Kier alpha value is 0.960.